The van der Waals surface area contributed by atoms with Crippen LogP contribution in [0.5, 0.6) is 5.75 Å². The lowest BCUT2D eigenvalue weighted by atomic mass is 10.3. The lowest BCUT2D eigenvalue weighted by Gasteiger charge is -2.04. The Morgan fingerprint density at radius 2 is 2.36 bits per heavy atom. The molecular weight excluding hydrogens is 178 g/mol. The summed E-state index contributed by atoms with van der Waals surface area (Å²) in [6.07, 6.45) is 4.16. The predicted octanol–water partition coefficient (Wildman–Crippen LogP) is 1.15. The number of rotatable bonds is 4. The van der Waals surface area contributed by atoms with E-state index in [0.29, 0.717) is 5.69 Å². The minimum absolute atomic E-state index is 0.0151. The second-order valence-corrected chi connectivity index (χ2v) is 3.55. The van der Waals surface area contributed by atoms with Crippen molar-refractivity contribution in [1.82, 2.24) is 4.98 Å². The van der Waals surface area contributed by atoms with Crippen LogP contribution in [0.15, 0.2) is 18.3 Å². The van der Waals surface area contributed by atoms with Gasteiger partial charge < -0.3 is 10.5 Å². The summed E-state index contributed by atoms with van der Waals surface area (Å²) in [7, 11) is 0. The number of nitrogens with two attached hydrogens (primary N) is 1. The summed E-state index contributed by atoms with van der Waals surface area (Å²) in [4.78, 5) is 4.00. The van der Waals surface area contributed by atoms with Gasteiger partial charge in [-0.15, -0.1) is 0 Å². The molecule has 0 amide bonds. The van der Waals surface area contributed by atoms with E-state index >= 15 is 0 Å². The van der Waals surface area contributed by atoms with Gasteiger partial charge in [0.1, 0.15) is 17.3 Å². The molecule has 2 rings (SSSR count). The quantitative estimate of drug-likeness (QED) is 0.554. The van der Waals surface area contributed by atoms with E-state index in [2.05, 4.69) is 4.98 Å². The van der Waals surface area contributed by atoms with Gasteiger partial charge in [0.2, 0.25) is 0 Å². The minimum atomic E-state index is -0.0151. The van der Waals surface area contributed by atoms with Crippen LogP contribution in [0.4, 0.5) is 0 Å². The highest BCUT2D eigenvalue weighted by Crippen LogP contribution is 2.29. The fraction of sp³-hybridized carbons (Fsp3) is 0.400. The summed E-state index contributed by atoms with van der Waals surface area (Å²) in [5.74, 6) is 1.48. The largest absolute Gasteiger partial charge is 0.492 e. The summed E-state index contributed by atoms with van der Waals surface area (Å²) in [5, 5.41) is 7.16. The number of amidine groups is 1. The van der Waals surface area contributed by atoms with Gasteiger partial charge in [-0.2, -0.15) is 0 Å². The average Bonchev–Trinajstić information content (AvgIpc) is 2.99. The Balaban J connectivity index is 1.94. The molecule has 1 aromatic rings. The zero-order chi connectivity index (χ0) is 9.97. The molecule has 74 valence electrons. The zero-order valence-corrected chi connectivity index (χ0v) is 7.86. The molecule has 3 N–H and O–H groups in total. The van der Waals surface area contributed by atoms with Gasteiger partial charge in [-0.3, -0.25) is 5.41 Å². The van der Waals surface area contributed by atoms with Gasteiger partial charge in [0.05, 0.1) is 12.8 Å². The molecule has 1 aromatic heterocycles. The Labute approximate surface area is 82.6 Å². The van der Waals surface area contributed by atoms with Gasteiger partial charge in [-0.25, -0.2) is 4.98 Å². The molecule has 0 spiro atoms. The SMILES string of the molecule is N=C(N)c1ccc(OCC2CC2)cn1. The number of ether oxygens (including phenoxy) is 1. The van der Waals surface area contributed by atoms with Crippen LogP contribution in [-0.2, 0) is 0 Å². The molecular formula is C10H13N3O. The third kappa shape index (κ3) is 2.22. The van der Waals surface area contributed by atoms with E-state index in [1.807, 2.05) is 0 Å². The van der Waals surface area contributed by atoms with E-state index in [1.54, 1.807) is 18.3 Å². The number of nitrogen functional groups attached to an aromatic ring is 1. The molecule has 0 aliphatic heterocycles. The molecule has 0 radical (unpaired) electrons. The number of aromatic nitrogens is 1. The summed E-state index contributed by atoms with van der Waals surface area (Å²) in [5.41, 5.74) is 5.77. The van der Waals surface area contributed by atoms with Gasteiger partial charge in [0.15, 0.2) is 0 Å². The summed E-state index contributed by atoms with van der Waals surface area (Å²) in [6.45, 7) is 0.779. The van der Waals surface area contributed by atoms with Gasteiger partial charge in [0.25, 0.3) is 0 Å². The Morgan fingerprint density at radius 1 is 1.57 bits per heavy atom. The van der Waals surface area contributed by atoms with Crippen molar-refractivity contribution in [2.75, 3.05) is 6.61 Å². The molecule has 0 unspecified atom stereocenters. The summed E-state index contributed by atoms with van der Waals surface area (Å²) >= 11 is 0. The predicted molar refractivity (Wildman–Crippen MR) is 53.5 cm³/mol. The van der Waals surface area contributed by atoms with Crippen LogP contribution < -0.4 is 10.5 Å². The standard InChI is InChI=1S/C10H13N3O/c11-10(12)9-4-3-8(5-13-9)14-6-7-1-2-7/h3-5,7H,1-2,6H2,(H3,11,12). The first kappa shape index (κ1) is 8.99. The monoisotopic (exact) mass is 191 g/mol. The normalized spacial score (nSPS) is 15.1. The highest BCUT2D eigenvalue weighted by Gasteiger charge is 2.21. The van der Waals surface area contributed by atoms with Crippen molar-refractivity contribution in [3.8, 4) is 5.75 Å². The van der Waals surface area contributed by atoms with Crippen LogP contribution in [0, 0.1) is 11.3 Å². The minimum Gasteiger partial charge on any atom is -0.492 e. The molecule has 1 saturated carbocycles. The highest BCUT2D eigenvalue weighted by atomic mass is 16.5. The average molecular weight is 191 g/mol. The van der Waals surface area contributed by atoms with Crippen molar-refractivity contribution >= 4 is 5.84 Å². The maximum Gasteiger partial charge on any atom is 0.141 e. The number of hydrogen-bond donors (Lipinski definition) is 2. The third-order valence-corrected chi connectivity index (χ3v) is 2.19. The molecule has 4 nitrogen and oxygen atoms in total. The Bertz CT molecular complexity index is 330. The van der Waals surface area contributed by atoms with Crippen LogP contribution in [0.25, 0.3) is 0 Å². The van der Waals surface area contributed by atoms with Gasteiger partial charge in [0, 0.05) is 0 Å². The van der Waals surface area contributed by atoms with E-state index < -0.39 is 0 Å². The van der Waals surface area contributed by atoms with Gasteiger partial charge in [-0.1, -0.05) is 0 Å². The molecule has 0 saturated heterocycles. The Kier molecular flexibility index (Phi) is 2.35. The van der Waals surface area contributed by atoms with Crippen molar-refractivity contribution < 1.29 is 4.74 Å². The second-order valence-electron chi connectivity index (χ2n) is 3.55. The summed E-state index contributed by atoms with van der Waals surface area (Å²) in [6, 6.07) is 3.50. The fourth-order valence-corrected chi connectivity index (χ4v) is 1.12. The van der Waals surface area contributed by atoms with Crippen molar-refractivity contribution in [3.63, 3.8) is 0 Å². The maximum absolute atomic E-state index is 7.16. The lowest BCUT2D eigenvalue weighted by molar-refractivity contribution is 0.298. The first-order valence-corrected chi connectivity index (χ1v) is 4.69. The first-order valence-electron chi connectivity index (χ1n) is 4.69. The van der Waals surface area contributed by atoms with E-state index in [1.165, 1.54) is 12.8 Å². The fourth-order valence-electron chi connectivity index (χ4n) is 1.12. The van der Waals surface area contributed by atoms with Crippen molar-refractivity contribution in [3.05, 3.63) is 24.0 Å². The molecule has 1 heterocycles. The highest BCUT2D eigenvalue weighted by molar-refractivity contribution is 5.92. The summed E-state index contributed by atoms with van der Waals surface area (Å²) < 4.78 is 5.49. The van der Waals surface area contributed by atoms with Crippen molar-refractivity contribution in [2.24, 2.45) is 11.7 Å². The molecule has 14 heavy (non-hydrogen) atoms. The van der Waals surface area contributed by atoms with Gasteiger partial charge >= 0.3 is 0 Å². The third-order valence-electron chi connectivity index (χ3n) is 2.19. The van der Waals surface area contributed by atoms with Crippen molar-refractivity contribution in [1.29, 1.82) is 5.41 Å². The number of nitrogens with zero attached hydrogens (tertiary/aromatic N) is 1. The van der Waals surface area contributed by atoms with E-state index in [9.17, 15) is 0 Å². The van der Waals surface area contributed by atoms with Gasteiger partial charge in [-0.05, 0) is 30.9 Å². The van der Waals surface area contributed by atoms with Crippen LogP contribution in [-0.4, -0.2) is 17.4 Å². The molecule has 1 aliphatic rings. The van der Waals surface area contributed by atoms with Crippen LogP contribution in [0.1, 0.15) is 18.5 Å². The van der Waals surface area contributed by atoms with Crippen LogP contribution >= 0.6 is 0 Å². The van der Waals surface area contributed by atoms with E-state index in [0.717, 1.165) is 18.3 Å². The second kappa shape index (κ2) is 3.65. The smallest absolute Gasteiger partial charge is 0.141 e. The van der Waals surface area contributed by atoms with Crippen LogP contribution in [0.2, 0.25) is 0 Å². The Morgan fingerprint density at radius 3 is 2.86 bits per heavy atom. The molecule has 0 atom stereocenters. The van der Waals surface area contributed by atoms with E-state index in [4.69, 9.17) is 15.9 Å². The van der Waals surface area contributed by atoms with Crippen LogP contribution in [0.3, 0.4) is 0 Å². The number of hydrogen-bond acceptors (Lipinski definition) is 3. The molecule has 0 bridgehead atoms. The molecule has 1 fully saturated rings. The Hall–Kier alpha value is -1.58. The van der Waals surface area contributed by atoms with Crippen molar-refractivity contribution in [2.45, 2.75) is 12.8 Å². The first-order chi connectivity index (χ1) is 6.75. The van der Waals surface area contributed by atoms with E-state index in [-0.39, 0.29) is 5.84 Å². The zero-order valence-electron chi connectivity index (χ0n) is 7.86. The molecule has 1 aliphatic carbocycles. The topological polar surface area (TPSA) is 72.0 Å². The molecule has 0 aromatic carbocycles. The number of pyridine rings is 1. The number of nitrogens with one attached hydrogen (secondary N) is 1. The lowest BCUT2D eigenvalue weighted by Crippen LogP contribution is -2.12. The maximum atomic E-state index is 7.16. The molecule has 4 heteroatoms.